The van der Waals surface area contributed by atoms with E-state index in [2.05, 4.69) is 5.32 Å². The van der Waals surface area contributed by atoms with Gasteiger partial charge in [-0.2, -0.15) is 13.2 Å². The van der Waals surface area contributed by atoms with Gasteiger partial charge in [0.05, 0.1) is 6.26 Å². The van der Waals surface area contributed by atoms with Gasteiger partial charge in [-0.05, 0) is 6.07 Å². The maximum Gasteiger partial charge on any atom is 0.490 e. The molecule has 1 aliphatic rings. The molecule has 2 heterocycles. The van der Waals surface area contributed by atoms with E-state index in [1.165, 1.54) is 6.26 Å². The average Bonchev–Trinajstić information content (AvgIpc) is 2.88. The van der Waals surface area contributed by atoms with Gasteiger partial charge in [-0.15, -0.1) is 0 Å². The quantitative estimate of drug-likeness (QED) is 0.730. The van der Waals surface area contributed by atoms with Crippen LogP contribution in [0.15, 0.2) is 16.7 Å². The Bertz CT molecular complexity index is 495. The van der Waals surface area contributed by atoms with Gasteiger partial charge < -0.3 is 25.5 Å². The molecule has 0 saturated carbocycles. The second kappa shape index (κ2) is 6.97. The molecule has 0 atom stereocenters. The molecule has 1 fully saturated rings. The number of piperazine rings is 1. The fourth-order valence-electron chi connectivity index (χ4n) is 1.60. The number of amides is 1. The number of primary amides is 1. The number of furan rings is 1. The summed E-state index contributed by atoms with van der Waals surface area (Å²) in [5.74, 6) is -2.60. The smallest absolute Gasteiger partial charge is 0.475 e. The van der Waals surface area contributed by atoms with Gasteiger partial charge in [0.2, 0.25) is 5.88 Å². The minimum atomic E-state index is -5.08. The first-order chi connectivity index (χ1) is 9.73. The van der Waals surface area contributed by atoms with Crippen molar-refractivity contribution in [3.05, 3.63) is 17.9 Å². The molecule has 0 aromatic carbocycles. The summed E-state index contributed by atoms with van der Waals surface area (Å²) in [5, 5.41) is 10.4. The number of carboxylic acid groups (broad SMARTS) is 1. The highest BCUT2D eigenvalue weighted by molar-refractivity contribution is 5.97. The summed E-state index contributed by atoms with van der Waals surface area (Å²) in [5.41, 5.74) is 5.69. The Labute approximate surface area is 117 Å². The molecule has 1 aromatic heterocycles. The second-order valence-corrected chi connectivity index (χ2v) is 4.04. The molecule has 4 N–H and O–H groups in total. The van der Waals surface area contributed by atoms with Crippen LogP contribution in [0, 0.1) is 0 Å². The number of halogens is 3. The van der Waals surface area contributed by atoms with Gasteiger partial charge >= 0.3 is 12.1 Å². The fraction of sp³-hybridized carbons (Fsp3) is 0.455. The Kier molecular flexibility index (Phi) is 5.59. The van der Waals surface area contributed by atoms with Crippen LogP contribution in [0.3, 0.4) is 0 Å². The maximum atomic E-state index is 11.0. The summed E-state index contributed by atoms with van der Waals surface area (Å²) in [6.07, 6.45) is -3.59. The van der Waals surface area contributed by atoms with Crippen LogP contribution in [0.5, 0.6) is 0 Å². The first kappa shape index (κ1) is 16.8. The Morgan fingerprint density at radius 3 is 2.29 bits per heavy atom. The molecule has 0 radical (unpaired) electrons. The molecule has 2 rings (SSSR count). The van der Waals surface area contributed by atoms with Gasteiger partial charge in [0.15, 0.2) is 0 Å². The molecule has 0 aliphatic carbocycles. The maximum absolute atomic E-state index is 11.0. The molecular weight excluding hydrogens is 295 g/mol. The highest BCUT2D eigenvalue weighted by Gasteiger charge is 2.38. The summed E-state index contributed by atoms with van der Waals surface area (Å²) in [7, 11) is 0. The summed E-state index contributed by atoms with van der Waals surface area (Å²) in [6, 6.07) is 1.61. The number of hydrogen-bond donors (Lipinski definition) is 3. The third-order valence-corrected chi connectivity index (χ3v) is 2.56. The zero-order valence-corrected chi connectivity index (χ0v) is 10.8. The van der Waals surface area contributed by atoms with Gasteiger partial charge in [0.25, 0.3) is 5.91 Å². The van der Waals surface area contributed by atoms with E-state index < -0.39 is 18.1 Å². The number of hydrogen-bond acceptors (Lipinski definition) is 5. The standard InChI is InChI=1S/C9H13N3O2.C2HF3O2/c10-8(13)7-1-6-14-9(7)12-4-2-11-3-5-12;3-2(4,5)1(6)7/h1,6,11H,2-5H2,(H2,10,13);(H,6,7). The SMILES string of the molecule is NC(=O)c1ccoc1N1CCNCC1.O=C(O)C(F)(F)F. The van der Waals surface area contributed by atoms with Crippen LogP contribution in [-0.4, -0.2) is 49.3 Å². The number of aliphatic carboxylic acids is 1. The minimum absolute atomic E-state index is 0.438. The van der Waals surface area contributed by atoms with Gasteiger partial charge in [-0.25, -0.2) is 4.79 Å². The monoisotopic (exact) mass is 309 g/mol. The number of nitrogens with one attached hydrogen (secondary N) is 1. The van der Waals surface area contributed by atoms with Crippen molar-refractivity contribution in [2.75, 3.05) is 31.1 Å². The predicted molar refractivity (Wildman–Crippen MR) is 66.0 cm³/mol. The van der Waals surface area contributed by atoms with E-state index in [1.54, 1.807) is 6.07 Å². The normalized spacial score (nSPS) is 15.1. The summed E-state index contributed by atoms with van der Waals surface area (Å²) in [6.45, 7) is 3.49. The van der Waals surface area contributed by atoms with E-state index in [4.69, 9.17) is 20.1 Å². The van der Waals surface area contributed by atoms with Crippen molar-refractivity contribution in [3.8, 4) is 0 Å². The van der Waals surface area contributed by atoms with Crippen LogP contribution in [-0.2, 0) is 4.79 Å². The van der Waals surface area contributed by atoms with E-state index in [0.717, 1.165) is 26.2 Å². The van der Waals surface area contributed by atoms with Crippen LogP contribution >= 0.6 is 0 Å². The van der Waals surface area contributed by atoms with Crippen molar-refractivity contribution in [3.63, 3.8) is 0 Å². The topological polar surface area (TPSA) is 109 Å². The zero-order chi connectivity index (χ0) is 16.0. The number of nitrogens with two attached hydrogens (primary N) is 1. The number of carboxylic acids is 1. The summed E-state index contributed by atoms with van der Waals surface area (Å²) >= 11 is 0. The number of carbonyl (C=O) groups excluding carboxylic acids is 1. The van der Waals surface area contributed by atoms with Gasteiger partial charge in [-0.3, -0.25) is 4.79 Å². The molecule has 7 nitrogen and oxygen atoms in total. The number of rotatable bonds is 2. The van der Waals surface area contributed by atoms with Crippen LogP contribution in [0.1, 0.15) is 10.4 Å². The molecular formula is C11H14F3N3O4. The number of carbonyl (C=O) groups is 2. The van der Waals surface area contributed by atoms with E-state index in [-0.39, 0.29) is 0 Å². The second-order valence-electron chi connectivity index (χ2n) is 4.04. The van der Waals surface area contributed by atoms with Crippen molar-refractivity contribution >= 4 is 17.8 Å². The number of alkyl halides is 3. The Morgan fingerprint density at radius 1 is 1.33 bits per heavy atom. The lowest BCUT2D eigenvalue weighted by Gasteiger charge is -2.27. The molecule has 0 unspecified atom stereocenters. The van der Waals surface area contributed by atoms with E-state index >= 15 is 0 Å². The zero-order valence-electron chi connectivity index (χ0n) is 10.8. The molecule has 0 bridgehead atoms. The first-order valence-electron chi connectivity index (χ1n) is 5.86. The number of nitrogens with zero attached hydrogens (tertiary/aromatic N) is 1. The average molecular weight is 309 g/mol. The van der Waals surface area contributed by atoms with E-state index in [0.29, 0.717) is 11.4 Å². The van der Waals surface area contributed by atoms with Crippen molar-refractivity contribution in [1.82, 2.24) is 5.32 Å². The van der Waals surface area contributed by atoms with Crippen LogP contribution in [0.25, 0.3) is 0 Å². The molecule has 118 valence electrons. The van der Waals surface area contributed by atoms with Crippen molar-refractivity contribution < 1.29 is 32.3 Å². The van der Waals surface area contributed by atoms with E-state index in [9.17, 15) is 18.0 Å². The van der Waals surface area contributed by atoms with Crippen molar-refractivity contribution in [1.29, 1.82) is 0 Å². The largest absolute Gasteiger partial charge is 0.490 e. The molecule has 0 spiro atoms. The Morgan fingerprint density at radius 2 is 1.86 bits per heavy atom. The van der Waals surface area contributed by atoms with Crippen molar-refractivity contribution in [2.45, 2.75) is 6.18 Å². The van der Waals surface area contributed by atoms with Crippen molar-refractivity contribution in [2.24, 2.45) is 5.73 Å². The lowest BCUT2D eigenvalue weighted by Crippen LogP contribution is -2.44. The molecule has 1 amide bonds. The lowest BCUT2D eigenvalue weighted by atomic mass is 10.2. The molecule has 1 saturated heterocycles. The first-order valence-corrected chi connectivity index (χ1v) is 5.86. The summed E-state index contributed by atoms with van der Waals surface area (Å²) in [4.78, 5) is 22.0. The molecule has 10 heteroatoms. The summed E-state index contributed by atoms with van der Waals surface area (Å²) < 4.78 is 37.0. The van der Waals surface area contributed by atoms with Crippen LogP contribution < -0.4 is 16.0 Å². The van der Waals surface area contributed by atoms with Gasteiger partial charge in [0.1, 0.15) is 5.56 Å². The highest BCUT2D eigenvalue weighted by Crippen LogP contribution is 2.21. The highest BCUT2D eigenvalue weighted by atomic mass is 19.4. The molecule has 1 aliphatic heterocycles. The molecule has 1 aromatic rings. The van der Waals surface area contributed by atoms with Crippen LogP contribution in [0.2, 0.25) is 0 Å². The third kappa shape index (κ3) is 4.99. The fourth-order valence-corrected chi connectivity index (χ4v) is 1.60. The Balaban J connectivity index is 0.000000270. The predicted octanol–water partition coefficient (Wildman–Crippen LogP) is 0.421. The third-order valence-electron chi connectivity index (χ3n) is 2.56. The lowest BCUT2D eigenvalue weighted by molar-refractivity contribution is -0.192. The Hall–Kier alpha value is -2.23. The van der Waals surface area contributed by atoms with Gasteiger partial charge in [0, 0.05) is 26.2 Å². The van der Waals surface area contributed by atoms with E-state index in [1.807, 2.05) is 4.90 Å². The van der Waals surface area contributed by atoms with Gasteiger partial charge in [-0.1, -0.05) is 0 Å². The number of anilines is 1. The molecule has 21 heavy (non-hydrogen) atoms. The minimum Gasteiger partial charge on any atom is -0.475 e. The van der Waals surface area contributed by atoms with Crippen LogP contribution in [0.4, 0.5) is 19.1 Å².